The topological polar surface area (TPSA) is 37.4 Å². The van der Waals surface area contributed by atoms with Crippen LogP contribution < -0.4 is 0 Å². The second-order valence-corrected chi connectivity index (χ2v) is 7.65. The van der Waals surface area contributed by atoms with Crippen LogP contribution >= 0.6 is 15.9 Å². The zero-order valence-corrected chi connectivity index (χ0v) is 14.9. The Balaban J connectivity index is 2.96. The van der Waals surface area contributed by atoms with Crippen LogP contribution in [0.4, 0.5) is 0 Å². The Morgan fingerprint density at radius 3 is 2.20 bits per heavy atom. The molecule has 3 nitrogen and oxygen atoms in total. The monoisotopic (exact) mass is 361 g/mol. The Hall–Kier alpha value is -0.390. The molecule has 0 radical (unpaired) electrons. The Bertz CT molecular complexity index is 497. The predicted octanol–water partition coefficient (Wildman–Crippen LogP) is 4.17. The molecule has 0 spiro atoms. The highest BCUT2D eigenvalue weighted by molar-refractivity contribution is 9.08. The first-order valence-corrected chi connectivity index (χ1v) is 9.66. The van der Waals surface area contributed by atoms with Gasteiger partial charge in [-0.15, -0.1) is 0 Å². The van der Waals surface area contributed by atoms with Crippen molar-refractivity contribution in [3.8, 4) is 0 Å². The minimum Gasteiger partial charge on any atom is -0.207 e. The summed E-state index contributed by atoms with van der Waals surface area (Å²) in [7, 11) is -3.39. The van der Waals surface area contributed by atoms with Crippen molar-refractivity contribution in [3.63, 3.8) is 0 Å². The third-order valence-corrected chi connectivity index (χ3v) is 5.98. The molecule has 0 saturated carbocycles. The van der Waals surface area contributed by atoms with E-state index >= 15 is 0 Å². The van der Waals surface area contributed by atoms with Crippen LogP contribution in [-0.4, -0.2) is 25.3 Å². The molecule has 0 aliphatic rings. The van der Waals surface area contributed by atoms with Gasteiger partial charge in [-0.3, -0.25) is 0 Å². The van der Waals surface area contributed by atoms with Gasteiger partial charge in [-0.2, -0.15) is 4.31 Å². The second-order valence-electron chi connectivity index (χ2n) is 5.19. The van der Waals surface area contributed by atoms with Crippen molar-refractivity contribution in [2.75, 3.05) is 6.54 Å². The third kappa shape index (κ3) is 4.57. The van der Waals surface area contributed by atoms with Gasteiger partial charge in [0.15, 0.2) is 0 Å². The Morgan fingerprint density at radius 2 is 1.75 bits per heavy atom. The molecule has 0 aliphatic carbocycles. The minimum atomic E-state index is -3.39. The van der Waals surface area contributed by atoms with Crippen LogP contribution in [0.1, 0.15) is 45.6 Å². The molecule has 0 fully saturated rings. The van der Waals surface area contributed by atoms with Crippen molar-refractivity contribution in [1.29, 1.82) is 0 Å². The molecule has 1 rings (SSSR count). The lowest BCUT2D eigenvalue weighted by molar-refractivity contribution is 0.345. The molecular formula is C15H24BrNO2S. The third-order valence-electron chi connectivity index (χ3n) is 3.24. The highest BCUT2D eigenvalue weighted by atomic mass is 79.9. The molecule has 0 aromatic heterocycles. The van der Waals surface area contributed by atoms with Crippen LogP contribution in [0.5, 0.6) is 0 Å². The van der Waals surface area contributed by atoms with Crippen LogP contribution in [0.2, 0.25) is 0 Å². The summed E-state index contributed by atoms with van der Waals surface area (Å²) in [5, 5.41) is 0.734. The van der Waals surface area contributed by atoms with E-state index in [-0.39, 0.29) is 6.04 Å². The van der Waals surface area contributed by atoms with E-state index in [0.717, 1.165) is 30.2 Å². The quantitative estimate of drug-likeness (QED) is 0.514. The van der Waals surface area contributed by atoms with E-state index in [1.807, 2.05) is 26.0 Å². The van der Waals surface area contributed by atoms with Gasteiger partial charge in [0.25, 0.3) is 0 Å². The lowest BCUT2D eigenvalue weighted by atomic mass is 10.2. The molecule has 0 N–H and O–H groups in total. The van der Waals surface area contributed by atoms with Gasteiger partial charge < -0.3 is 0 Å². The zero-order valence-electron chi connectivity index (χ0n) is 12.5. The van der Waals surface area contributed by atoms with Crippen molar-refractivity contribution in [1.82, 2.24) is 4.31 Å². The molecule has 0 saturated heterocycles. The number of benzene rings is 1. The fourth-order valence-electron chi connectivity index (χ4n) is 2.06. The summed E-state index contributed by atoms with van der Waals surface area (Å²) < 4.78 is 27.0. The lowest BCUT2D eigenvalue weighted by Gasteiger charge is -2.26. The number of hydrogen-bond donors (Lipinski definition) is 0. The average Bonchev–Trinajstić information content (AvgIpc) is 2.43. The number of nitrogens with zero attached hydrogens (tertiary/aromatic N) is 1. The molecule has 0 unspecified atom stereocenters. The van der Waals surface area contributed by atoms with Gasteiger partial charge in [-0.1, -0.05) is 47.8 Å². The van der Waals surface area contributed by atoms with Crippen molar-refractivity contribution < 1.29 is 8.42 Å². The summed E-state index contributed by atoms with van der Waals surface area (Å²) in [6.45, 7) is 6.56. The van der Waals surface area contributed by atoms with Crippen LogP contribution in [0.15, 0.2) is 29.2 Å². The number of alkyl halides is 1. The molecule has 0 bridgehead atoms. The van der Waals surface area contributed by atoms with E-state index in [1.54, 1.807) is 16.4 Å². The molecule has 114 valence electrons. The highest BCUT2D eigenvalue weighted by Gasteiger charge is 2.26. The van der Waals surface area contributed by atoms with E-state index in [2.05, 4.69) is 22.9 Å². The first-order chi connectivity index (χ1) is 9.43. The standard InChI is InChI=1S/C15H24BrNO2S/c1-4-5-6-11-17(13(2)3)20(18,19)15-9-7-14(12-16)8-10-15/h7-10,13H,4-6,11-12H2,1-3H3. The average molecular weight is 362 g/mol. The molecule has 0 atom stereocenters. The molecule has 5 heteroatoms. The maximum absolute atomic E-state index is 12.7. The predicted molar refractivity (Wildman–Crippen MR) is 87.6 cm³/mol. The molecule has 0 amide bonds. The van der Waals surface area contributed by atoms with Crippen molar-refractivity contribution in [3.05, 3.63) is 29.8 Å². The molecular weight excluding hydrogens is 338 g/mol. The first-order valence-electron chi connectivity index (χ1n) is 7.10. The van der Waals surface area contributed by atoms with Gasteiger partial charge >= 0.3 is 0 Å². The van der Waals surface area contributed by atoms with Gasteiger partial charge in [0, 0.05) is 17.9 Å². The first kappa shape index (κ1) is 17.7. The number of halogens is 1. The number of sulfonamides is 1. The van der Waals surface area contributed by atoms with Crippen molar-refractivity contribution in [2.45, 2.75) is 56.3 Å². The zero-order chi connectivity index (χ0) is 15.2. The number of rotatable bonds is 8. The van der Waals surface area contributed by atoms with E-state index in [4.69, 9.17) is 0 Å². The summed E-state index contributed by atoms with van der Waals surface area (Å²) in [4.78, 5) is 0.382. The summed E-state index contributed by atoms with van der Waals surface area (Å²) in [6, 6.07) is 7.08. The Morgan fingerprint density at radius 1 is 1.15 bits per heavy atom. The molecule has 1 aromatic rings. The largest absolute Gasteiger partial charge is 0.243 e. The fourth-order valence-corrected chi connectivity index (χ4v) is 4.11. The summed E-state index contributed by atoms with van der Waals surface area (Å²) in [6.07, 6.45) is 3.06. The van der Waals surface area contributed by atoms with E-state index in [9.17, 15) is 8.42 Å². The molecule has 0 heterocycles. The molecule has 1 aromatic carbocycles. The van der Waals surface area contributed by atoms with E-state index < -0.39 is 10.0 Å². The number of hydrogen-bond acceptors (Lipinski definition) is 2. The van der Waals surface area contributed by atoms with Gasteiger partial charge in [0.2, 0.25) is 10.0 Å². The number of unbranched alkanes of at least 4 members (excludes halogenated alkanes) is 2. The fraction of sp³-hybridized carbons (Fsp3) is 0.600. The Labute approximate surface area is 131 Å². The Kier molecular flexibility index (Phi) is 7.20. The minimum absolute atomic E-state index is 0.0206. The SMILES string of the molecule is CCCCCN(C(C)C)S(=O)(=O)c1ccc(CBr)cc1. The maximum Gasteiger partial charge on any atom is 0.243 e. The van der Waals surface area contributed by atoms with Crippen LogP contribution in [0.25, 0.3) is 0 Å². The van der Waals surface area contributed by atoms with Crippen LogP contribution in [-0.2, 0) is 15.4 Å². The smallest absolute Gasteiger partial charge is 0.207 e. The second kappa shape index (κ2) is 8.15. The van der Waals surface area contributed by atoms with Crippen molar-refractivity contribution in [2.24, 2.45) is 0 Å². The maximum atomic E-state index is 12.7. The van der Waals surface area contributed by atoms with E-state index in [0.29, 0.717) is 11.4 Å². The van der Waals surface area contributed by atoms with E-state index in [1.165, 1.54) is 0 Å². The van der Waals surface area contributed by atoms with Crippen LogP contribution in [0.3, 0.4) is 0 Å². The van der Waals surface area contributed by atoms with Gasteiger partial charge in [-0.05, 0) is 38.0 Å². The highest BCUT2D eigenvalue weighted by Crippen LogP contribution is 2.20. The summed E-state index contributed by atoms with van der Waals surface area (Å²) in [5.41, 5.74) is 1.08. The van der Waals surface area contributed by atoms with Crippen LogP contribution in [0, 0.1) is 0 Å². The lowest BCUT2D eigenvalue weighted by Crippen LogP contribution is -2.37. The van der Waals surface area contributed by atoms with Crippen molar-refractivity contribution >= 4 is 26.0 Å². The normalized spacial score (nSPS) is 12.3. The summed E-state index contributed by atoms with van der Waals surface area (Å²) >= 11 is 3.37. The molecule has 20 heavy (non-hydrogen) atoms. The summed E-state index contributed by atoms with van der Waals surface area (Å²) in [5.74, 6) is 0. The van der Waals surface area contributed by atoms with Gasteiger partial charge in [0.1, 0.15) is 0 Å². The van der Waals surface area contributed by atoms with Gasteiger partial charge in [-0.25, -0.2) is 8.42 Å². The van der Waals surface area contributed by atoms with Gasteiger partial charge in [0.05, 0.1) is 4.90 Å². The molecule has 0 aliphatic heterocycles.